The van der Waals surface area contributed by atoms with Crippen LogP contribution in [0, 0.1) is 5.82 Å². The highest BCUT2D eigenvalue weighted by Gasteiger charge is 2.32. The maximum atomic E-state index is 13.0. The molecule has 1 atom stereocenters. The van der Waals surface area contributed by atoms with Crippen LogP contribution in [0.4, 0.5) is 4.39 Å². The van der Waals surface area contributed by atoms with Gasteiger partial charge >= 0.3 is 0 Å². The van der Waals surface area contributed by atoms with Gasteiger partial charge in [-0.2, -0.15) is 5.10 Å². The Hall–Kier alpha value is -2.96. The Morgan fingerprint density at radius 3 is 2.72 bits per heavy atom. The third-order valence-electron chi connectivity index (χ3n) is 5.25. The van der Waals surface area contributed by atoms with Crippen molar-refractivity contribution in [1.82, 2.24) is 19.5 Å². The normalized spacial score (nSPS) is 17.1. The van der Waals surface area contributed by atoms with Crippen LogP contribution in [0.3, 0.4) is 0 Å². The van der Waals surface area contributed by atoms with E-state index < -0.39 is 0 Å². The van der Waals surface area contributed by atoms with Crippen LogP contribution in [-0.2, 0) is 10.2 Å². The Morgan fingerprint density at radius 1 is 1.24 bits per heavy atom. The summed E-state index contributed by atoms with van der Waals surface area (Å²) in [6.45, 7) is 6.95. The molecule has 0 aliphatic carbocycles. The van der Waals surface area contributed by atoms with Gasteiger partial charge < -0.3 is 9.64 Å². The minimum absolute atomic E-state index is 0.0717. The zero-order valence-electron chi connectivity index (χ0n) is 16.9. The molecular weight excluding hydrogens is 371 g/mol. The fourth-order valence-electron chi connectivity index (χ4n) is 3.66. The molecule has 6 nitrogen and oxygen atoms in total. The van der Waals surface area contributed by atoms with E-state index in [2.05, 4.69) is 25.8 Å². The SMILES string of the molecule is CC(C)(C)c1cc2nccc(C3CCCN3C(=O)COc3ccc(F)cc3)n2n1. The van der Waals surface area contributed by atoms with E-state index in [9.17, 15) is 9.18 Å². The van der Waals surface area contributed by atoms with E-state index in [0.29, 0.717) is 12.3 Å². The van der Waals surface area contributed by atoms with Crippen molar-refractivity contribution in [3.05, 3.63) is 59.8 Å². The fourth-order valence-corrected chi connectivity index (χ4v) is 3.66. The third-order valence-corrected chi connectivity index (χ3v) is 5.25. The van der Waals surface area contributed by atoms with E-state index >= 15 is 0 Å². The highest BCUT2D eigenvalue weighted by Crippen LogP contribution is 2.33. The van der Waals surface area contributed by atoms with Crippen LogP contribution in [0.2, 0.25) is 0 Å². The van der Waals surface area contributed by atoms with E-state index in [1.807, 2.05) is 21.5 Å². The van der Waals surface area contributed by atoms with Crippen LogP contribution in [0.25, 0.3) is 5.65 Å². The molecule has 1 fully saturated rings. The van der Waals surface area contributed by atoms with Crippen molar-refractivity contribution in [1.29, 1.82) is 0 Å². The van der Waals surface area contributed by atoms with Gasteiger partial charge in [-0.3, -0.25) is 4.79 Å². The molecule has 7 heteroatoms. The number of nitrogens with zero attached hydrogens (tertiary/aromatic N) is 4. The second-order valence-corrected chi connectivity index (χ2v) is 8.41. The molecule has 1 amide bonds. The molecule has 1 aliphatic rings. The molecular formula is C22H25FN4O2. The number of likely N-dealkylation sites (tertiary alicyclic amines) is 1. The maximum absolute atomic E-state index is 13.0. The molecule has 4 rings (SSSR count). The van der Waals surface area contributed by atoms with Crippen molar-refractivity contribution in [2.75, 3.05) is 13.2 Å². The Balaban J connectivity index is 1.55. The molecule has 3 aromatic rings. The van der Waals surface area contributed by atoms with Gasteiger partial charge in [0.2, 0.25) is 0 Å². The summed E-state index contributed by atoms with van der Waals surface area (Å²) in [7, 11) is 0. The first-order valence-electron chi connectivity index (χ1n) is 9.86. The minimum Gasteiger partial charge on any atom is -0.484 e. The van der Waals surface area contributed by atoms with E-state index in [4.69, 9.17) is 9.84 Å². The van der Waals surface area contributed by atoms with Gasteiger partial charge in [-0.15, -0.1) is 0 Å². The lowest BCUT2D eigenvalue weighted by atomic mass is 9.93. The largest absolute Gasteiger partial charge is 0.484 e. The summed E-state index contributed by atoms with van der Waals surface area (Å²) in [5.74, 6) is 0.0486. The standard InChI is InChI=1S/C22H25FN4O2/c1-22(2,3)19-13-20-24-11-10-18(27(20)25-19)17-5-4-12-26(17)21(28)14-29-16-8-6-15(23)7-9-16/h6-11,13,17H,4-5,12,14H2,1-3H3. The second-order valence-electron chi connectivity index (χ2n) is 8.41. The first-order valence-corrected chi connectivity index (χ1v) is 9.86. The highest BCUT2D eigenvalue weighted by molar-refractivity contribution is 5.78. The van der Waals surface area contributed by atoms with Crippen molar-refractivity contribution >= 4 is 11.6 Å². The molecule has 0 N–H and O–H groups in total. The van der Waals surface area contributed by atoms with Crippen molar-refractivity contribution in [3.8, 4) is 5.75 Å². The summed E-state index contributed by atoms with van der Waals surface area (Å²) in [5, 5.41) is 4.77. The van der Waals surface area contributed by atoms with Crippen molar-refractivity contribution in [2.45, 2.75) is 45.1 Å². The predicted molar refractivity (Wildman–Crippen MR) is 107 cm³/mol. The lowest BCUT2D eigenvalue weighted by molar-refractivity contribution is -0.134. The zero-order valence-corrected chi connectivity index (χ0v) is 16.9. The van der Waals surface area contributed by atoms with Gasteiger partial charge in [-0.25, -0.2) is 13.9 Å². The Bertz CT molecular complexity index is 1020. The lowest BCUT2D eigenvalue weighted by Gasteiger charge is -2.25. The number of halogens is 1. The zero-order chi connectivity index (χ0) is 20.6. The first kappa shape index (κ1) is 19.4. The minimum atomic E-state index is -0.334. The van der Waals surface area contributed by atoms with E-state index in [-0.39, 0.29) is 29.8 Å². The third kappa shape index (κ3) is 3.95. The molecule has 0 spiro atoms. The molecule has 2 aromatic heterocycles. The molecule has 1 unspecified atom stereocenters. The summed E-state index contributed by atoms with van der Waals surface area (Å²) in [4.78, 5) is 19.1. The van der Waals surface area contributed by atoms with Gasteiger partial charge in [0.05, 0.1) is 17.4 Å². The molecule has 1 saturated heterocycles. The molecule has 0 saturated carbocycles. The number of ether oxygens (including phenoxy) is 1. The number of benzene rings is 1. The molecule has 3 heterocycles. The van der Waals surface area contributed by atoms with Crippen LogP contribution in [0.15, 0.2) is 42.6 Å². The summed E-state index contributed by atoms with van der Waals surface area (Å²) in [6, 6.07) is 9.54. The van der Waals surface area contributed by atoms with E-state index in [1.165, 1.54) is 24.3 Å². The topological polar surface area (TPSA) is 59.7 Å². The Kier molecular flexibility index (Phi) is 4.98. The number of hydrogen-bond donors (Lipinski definition) is 0. The number of aromatic nitrogens is 3. The molecule has 0 bridgehead atoms. The summed E-state index contributed by atoms with van der Waals surface area (Å²) in [5.41, 5.74) is 2.62. The van der Waals surface area contributed by atoms with Crippen molar-refractivity contribution in [3.63, 3.8) is 0 Å². The van der Waals surface area contributed by atoms with Gasteiger partial charge in [-0.05, 0) is 43.2 Å². The summed E-state index contributed by atoms with van der Waals surface area (Å²) < 4.78 is 20.5. The van der Waals surface area contributed by atoms with E-state index in [1.54, 1.807) is 6.20 Å². The molecule has 29 heavy (non-hydrogen) atoms. The van der Waals surface area contributed by atoms with Gasteiger partial charge in [0, 0.05) is 24.2 Å². The number of carbonyl (C=O) groups is 1. The quantitative estimate of drug-likeness (QED) is 0.671. The van der Waals surface area contributed by atoms with Crippen LogP contribution in [-0.4, -0.2) is 38.6 Å². The summed E-state index contributed by atoms with van der Waals surface area (Å²) in [6.07, 6.45) is 3.56. The van der Waals surface area contributed by atoms with Crippen LogP contribution >= 0.6 is 0 Å². The average Bonchev–Trinajstić information content (AvgIpc) is 3.34. The van der Waals surface area contributed by atoms with Crippen LogP contribution < -0.4 is 4.74 Å². The second kappa shape index (κ2) is 7.46. The number of carbonyl (C=O) groups excluding carboxylic acids is 1. The van der Waals surface area contributed by atoms with Gasteiger partial charge in [0.25, 0.3) is 5.91 Å². The predicted octanol–water partition coefficient (Wildman–Crippen LogP) is 3.91. The number of fused-ring (bicyclic) bond motifs is 1. The number of rotatable bonds is 4. The molecule has 1 aliphatic heterocycles. The molecule has 0 radical (unpaired) electrons. The molecule has 1 aromatic carbocycles. The monoisotopic (exact) mass is 396 g/mol. The van der Waals surface area contributed by atoms with Crippen LogP contribution in [0.5, 0.6) is 5.75 Å². The van der Waals surface area contributed by atoms with Gasteiger partial charge in [-0.1, -0.05) is 20.8 Å². The van der Waals surface area contributed by atoms with Gasteiger partial charge in [0.1, 0.15) is 11.6 Å². The number of hydrogen-bond acceptors (Lipinski definition) is 4. The van der Waals surface area contributed by atoms with E-state index in [0.717, 1.165) is 29.9 Å². The Labute approximate surface area is 169 Å². The summed E-state index contributed by atoms with van der Waals surface area (Å²) >= 11 is 0. The van der Waals surface area contributed by atoms with Crippen LogP contribution in [0.1, 0.15) is 51.0 Å². The smallest absolute Gasteiger partial charge is 0.261 e. The molecule has 152 valence electrons. The van der Waals surface area contributed by atoms with Crippen molar-refractivity contribution in [2.24, 2.45) is 0 Å². The Morgan fingerprint density at radius 2 is 2.00 bits per heavy atom. The lowest BCUT2D eigenvalue weighted by Crippen LogP contribution is -2.35. The first-order chi connectivity index (χ1) is 13.8. The highest BCUT2D eigenvalue weighted by atomic mass is 19.1. The number of amides is 1. The maximum Gasteiger partial charge on any atom is 0.261 e. The van der Waals surface area contributed by atoms with Crippen molar-refractivity contribution < 1.29 is 13.9 Å². The average molecular weight is 396 g/mol. The fraction of sp³-hybridized carbons (Fsp3) is 0.409. The van der Waals surface area contributed by atoms with Gasteiger partial charge in [0.15, 0.2) is 12.3 Å².